The lowest BCUT2D eigenvalue weighted by atomic mass is 10.2. The van der Waals surface area contributed by atoms with Crippen molar-refractivity contribution in [3.05, 3.63) is 0 Å². The maximum atomic E-state index is 11.7. The molecule has 0 heterocycles. The van der Waals surface area contributed by atoms with Gasteiger partial charge in [0.05, 0.1) is 6.54 Å². The van der Waals surface area contributed by atoms with Crippen LogP contribution in [0.5, 0.6) is 0 Å². The average Bonchev–Trinajstić information content (AvgIpc) is 2.94. The topological polar surface area (TPSA) is 32.3 Å². The highest BCUT2D eigenvalue weighted by Crippen LogP contribution is 2.34. The van der Waals surface area contributed by atoms with Gasteiger partial charge in [0.15, 0.2) is 0 Å². The summed E-state index contributed by atoms with van der Waals surface area (Å²) in [6.07, 6.45) is 2.58. The van der Waals surface area contributed by atoms with E-state index in [0.29, 0.717) is 18.6 Å². The molecule has 1 atom stereocenters. The van der Waals surface area contributed by atoms with Crippen molar-refractivity contribution in [3.63, 3.8) is 0 Å². The van der Waals surface area contributed by atoms with E-state index in [2.05, 4.69) is 26.1 Å². The SMILES string of the molecule is CC(C)NCC(=O)N(C)C(C)C1CC1. The molecule has 0 spiro atoms. The van der Waals surface area contributed by atoms with Gasteiger partial charge in [-0.3, -0.25) is 4.79 Å². The molecular formula is C11H22N2O. The number of hydrogen-bond acceptors (Lipinski definition) is 2. The van der Waals surface area contributed by atoms with E-state index in [1.807, 2.05) is 11.9 Å². The van der Waals surface area contributed by atoms with Gasteiger partial charge in [0.25, 0.3) is 0 Å². The zero-order valence-corrected chi connectivity index (χ0v) is 9.71. The van der Waals surface area contributed by atoms with Crippen molar-refractivity contribution >= 4 is 5.91 Å². The van der Waals surface area contributed by atoms with E-state index in [9.17, 15) is 4.79 Å². The first-order valence-corrected chi connectivity index (χ1v) is 5.51. The molecule has 1 aliphatic rings. The molecule has 1 unspecified atom stereocenters. The summed E-state index contributed by atoms with van der Waals surface area (Å²) in [7, 11) is 1.91. The van der Waals surface area contributed by atoms with E-state index in [1.54, 1.807) is 0 Å². The third-order valence-corrected chi connectivity index (χ3v) is 2.97. The van der Waals surface area contributed by atoms with Gasteiger partial charge in [-0.05, 0) is 25.7 Å². The molecule has 0 saturated heterocycles. The summed E-state index contributed by atoms with van der Waals surface area (Å²) < 4.78 is 0. The Balaban J connectivity index is 2.27. The van der Waals surface area contributed by atoms with Crippen molar-refractivity contribution in [1.29, 1.82) is 0 Å². The highest BCUT2D eigenvalue weighted by atomic mass is 16.2. The molecule has 14 heavy (non-hydrogen) atoms. The Kier molecular flexibility index (Phi) is 3.93. The van der Waals surface area contributed by atoms with Gasteiger partial charge in [0, 0.05) is 19.1 Å². The molecule has 1 saturated carbocycles. The molecule has 0 aromatic heterocycles. The van der Waals surface area contributed by atoms with Gasteiger partial charge < -0.3 is 10.2 Å². The second-order valence-corrected chi connectivity index (χ2v) is 4.62. The lowest BCUT2D eigenvalue weighted by Crippen LogP contribution is -2.43. The summed E-state index contributed by atoms with van der Waals surface area (Å²) in [5.41, 5.74) is 0. The number of nitrogens with one attached hydrogen (secondary N) is 1. The average molecular weight is 198 g/mol. The fourth-order valence-corrected chi connectivity index (χ4v) is 1.54. The molecule has 1 fully saturated rings. The summed E-state index contributed by atoms with van der Waals surface area (Å²) in [6.45, 7) is 6.71. The van der Waals surface area contributed by atoms with Crippen LogP contribution in [-0.4, -0.2) is 36.5 Å². The molecule has 0 radical (unpaired) electrons. The van der Waals surface area contributed by atoms with Gasteiger partial charge in [-0.1, -0.05) is 13.8 Å². The van der Waals surface area contributed by atoms with E-state index >= 15 is 0 Å². The van der Waals surface area contributed by atoms with Gasteiger partial charge in [0.2, 0.25) is 5.91 Å². The minimum Gasteiger partial charge on any atom is -0.342 e. The smallest absolute Gasteiger partial charge is 0.236 e. The van der Waals surface area contributed by atoms with E-state index in [-0.39, 0.29) is 5.91 Å². The van der Waals surface area contributed by atoms with Crippen LogP contribution in [0, 0.1) is 5.92 Å². The van der Waals surface area contributed by atoms with Crippen LogP contribution in [0.3, 0.4) is 0 Å². The largest absolute Gasteiger partial charge is 0.342 e. The highest BCUT2D eigenvalue weighted by molar-refractivity contribution is 5.78. The Morgan fingerprint density at radius 3 is 2.43 bits per heavy atom. The van der Waals surface area contributed by atoms with Crippen LogP contribution >= 0.6 is 0 Å². The second-order valence-electron chi connectivity index (χ2n) is 4.62. The summed E-state index contributed by atoms with van der Waals surface area (Å²) in [4.78, 5) is 13.6. The monoisotopic (exact) mass is 198 g/mol. The van der Waals surface area contributed by atoms with Crippen LogP contribution in [0.1, 0.15) is 33.6 Å². The number of likely N-dealkylation sites (N-methyl/N-ethyl adjacent to an activating group) is 1. The molecule has 1 rings (SSSR count). The number of carbonyl (C=O) groups is 1. The van der Waals surface area contributed by atoms with E-state index in [0.717, 1.165) is 5.92 Å². The molecule has 0 aromatic carbocycles. The Bertz CT molecular complexity index is 199. The fraction of sp³-hybridized carbons (Fsp3) is 0.909. The third kappa shape index (κ3) is 3.29. The lowest BCUT2D eigenvalue weighted by molar-refractivity contribution is -0.131. The predicted octanol–water partition coefficient (Wildman–Crippen LogP) is 1.24. The minimum atomic E-state index is 0.207. The third-order valence-electron chi connectivity index (χ3n) is 2.97. The number of carbonyl (C=O) groups excluding carboxylic acids is 1. The molecule has 1 N–H and O–H groups in total. The highest BCUT2D eigenvalue weighted by Gasteiger charge is 2.32. The van der Waals surface area contributed by atoms with E-state index in [4.69, 9.17) is 0 Å². The first-order chi connectivity index (χ1) is 6.52. The Morgan fingerprint density at radius 2 is 2.00 bits per heavy atom. The zero-order valence-electron chi connectivity index (χ0n) is 9.71. The van der Waals surface area contributed by atoms with Crippen LogP contribution in [0.25, 0.3) is 0 Å². The van der Waals surface area contributed by atoms with Gasteiger partial charge in [0.1, 0.15) is 0 Å². The normalized spacial score (nSPS) is 18.4. The Morgan fingerprint density at radius 1 is 1.43 bits per heavy atom. The summed E-state index contributed by atoms with van der Waals surface area (Å²) in [5.74, 6) is 0.959. The summed E-state index contributed by atoms with van der Waals surface area (Å²) in [5, 5.41) is 3.15. The molecule has 3 heteroatoms. The van der Waals surface area contributed by atoms with Crippen molar-refractivity contribution in [2.24, 2.45) is 5.92 Å². The molecule has 0 aromatic rings. The predicted molar refractivity (Wildman–Crippen MR) is 58.1 cm³/mol. The zero-order chi connectivity index (χ0) is 10.7. The van der Waals surface area contributed by atoms with Gasteiger partial charge in [-0.25, -0.2) is 0 Å². The van der Waals surface area contributed by atoms with Crippen LogP contribution in [-0.2, 0) is 4.79 Å². The van der Waals surface area contributed by atoms with Crippen molar-refractivity contribution in [2.75, 3.05) is 13.6 Å². The van der Waals surface area contributed by atoms with Gasteiger partial charge in [-0.2, -0.15) is 0 Å². The van der Waals surface area contributed by atoms with Crippen molar-refractivity contribution in [2.45, 2.75) is 45.7 Å². The molecule has 0 aliphatic heterocycles. The standard InChI is InChI=1S/C11H22N2O/c1-8(2)12-7-11(14)13(4)9(3)10-5-6-10/h8-10,12H,5-7H2,1-4H3. The molecular weight excluding hydrogens is 176 g/mol. The van der Waals surface area contributed by atoms with Crippen LogP contribution in [0.15, 0.2) is 0 Å². The van der Waals surface area contributed by atoms with Crippen LogP contribution in [0.2, 0.25) is 0 Å². The van der Waals surface area contributed by atoms with Crippen molar-refractivity contribution in [1.82, 2.24) is 10.2 Å². The Labute approximate surface area is 86.9 Å². The maximum Gasteiger partial charge on any atom is 0.236 e. The lowest BCUT2D eigenvalue weighted by Gasteiger charge is -2.25. The maximum absolute atomic E-state index is 11.7. The number of hydrogen-bond donors (Lipinski definition) is 1. The van der Waals surface area contributed by atoms with E-state index < -0.39 is 0 Å². The number of rotatable bonds is 5. The number of amides is 1. The molecule has 1 aliphatic carbocycles. The first kappa shape index (κ1) is 11.5. The minimum absolute atomic E-state index is 0.207. The van der Waals surface area contributed by atoms with Gasteiger partial charge in [-0.15, -0.1) is 0 Å². The van der Waals surface area contributed by atoms with E-state index in [1.165, 1.54) is 12.8 Å². The van der Waals surface area contributed by atoms with Crippen molar-refractivity contribution < 1.29 is 4.79 Å². The molecule has 1 amide bonds. The number of nitrogens with zero attached hydrogens (tertiary/aromatic N) is 1. The summed E-state index contributed by atoms with van der Waals surface area (Å²) in [6, 6.07) is 0.792. The molecule has 3 nitrogen and oxygen atoms in total. The molecule has 0 bridgehead atoms. The molecule has 82 valence electrons. The quantitative estimate of drug-likeness (QED) is 0.721. The summed E-state index contributed by atoms with van der Waals surface area (Å²) >= 11 is 0. The second kappa shape index (κ2) is 4.78. The van der Waals surface area contributed by atoms with Gasteiger partial charge >= 0.3 is 0 Å². The van der Waals surface area contributed by atoms with Crippen molar-refractivity contribution in [3.8, 4) is 0 Å². The van der Waals surface area contributed by atoms with Crippen LogP contribution < -0.4 is 5.32 Å². The Hall–Kier alpha value is -0.570. The van der Waals surface area contributed by atoms with Crippen LogP contribution in [0.4, 0.5) is 0 Å². The first-order valence-electron chi connectivity index (χ1n) is 5.51. The fourth-order valence-electron chi connectivity index (χ4n) is 1.54.